The molecule has 0 spiro atoms. The number of unbranched alkanes of at least 4 members (excludes halogenated alkanes) is 2. The van der Waals surface area contributed by atoms with Crippen LogP contribution in [0.3, 0.4) is 0 Å². The number of benzene rings is 2. The van der Waals surface area contributed by atoms with Crippen LogP contribution in [0.2, 0.25) is 0 Å². The first-order valence-corrected chi connectivity index (χ1v) is 13.9. The van der Waals surface area contributed by atoms with Crippen molar-refractivity contribution in [3.8, 4) is 22.1 Å². The molecule has 0 aliphatic rings. The van der Waals surface area contributed by atoms with Crippen molar-refractivity contribution in [3.05, 3.63) is 64.5 Å². The van der Waals surface area contributed by atoms with Gasteiger partial charge in [0.2, 0.25) is 0 Å². The quantitative estimate of drug-likeness (QED) is 0.131. The van der Waals surface area contributed by atoms with Gasteiger partial charge in [-0.05, 0) is 56.5 Å². The van der Waals surface area contributed by atoms with Gasteiger partial charge in [0.05, 0.1) is 37.5 Å². The minimum atomic E-state index is -4.77. The van der Waals surface area contributed by atoms with Crippen LogP contribution < -0.4 is 15.2 Å². The van der Waals surface area contributed by atoms with Crippen LogP contribution in [-0.2, 0) is 20.8 Å². The van der Waals surface area contributed by atoms with Crippen LogP contribution in [0, 0.1) is 6.57 Å². The molecule has 1 aromatic heterocycles. The van der Waals surface area contributed by atoms with Crippen molar-refractivity contribution in [2.45, 2.75) is 37.9 Å². The lowest BCUT2D eigenvalue weighted by atomic mass is 10.1. The predicted octanol–water partition coefficient (Wildman–Crippen LogP) is 5.69. The van der Waals surface area contributed by atoms with Gasteiger partial charge < -0.3 is 25.0 Å². The smallest absolute Gasteiger partial charge is 0.469 e. The Morgan fingerprint density at radius 3 is 2.33 bits per heavy atom. The fourth-order valence-electron chi connectivity index (χ4n) is 3.23. The summed E-state index contributed by atoms with van der Waals surface area (Å²) in [6.45, 7) is 8.27. The van der Waals surface area contributed by atoms with Crippen LogP contribution >= 0.6 is 19.2 Å². The summed E-state index contributed by atoms with van der Waals surface area (Å²) >= 11 is 0.885. The topological polar surface area (TPSA) is 141 Å². The number of rotatable bonds is 13. The molecule has 3 rings (SSSR count). The van der Waals surface area contributed by atoms with Crippen LogP contribution in [0.15, 0.2) is 42.5 Å². The van der Waals surface area contributed by atoms with Gasteiger partial charge in [-0.25, -0.2) is 9.41 Å². The van der Waals surface area contributed by atoms with Gasteiger partial charge in [-0.2, -0.15) is 13.2 Å². The molecule has 0 aliphatic carbocycles. The van der Waals surface area contributed by atoms with Gasteiger partial charge in [0.25, 0.3) is 0 Å². The second-order valence-corrected chi connectivity index (χ2v) is 10.9. The van der Waals surface area contributed by atoms with E-state index in [9.17, 15) is 17.7 Å². The summed E-state index contributed by atoms with van der Waals surface area (Å²) in [5.41, 5.74) is 4.27. The second-order valence-electron chi connectivity index (χ2n) is 8.67. The first-order valence-electron chi connectivity index (χ1n) is 11.6. The Hall–Kier alpha value is -3.05. The maximum Gasteiger partial charge on any atom is 0.469 e. The van der Waals surface area contributed by atoms with Gasteiger partial charge in [0.1, 0.15) is 21.5 Å². The summed E-state index contributed by atoms with van der Waals surface area (Å²) in [6, 6.07) is 10.3. The molecule has 0 saturated heterocycles. The zero-order valence-corrected chi connectivity index (χ0v) is 22.4. The number of halogens is 3. The highest BCUT2D eigenvalue weighted by Crippen LogP contribution is 2.41. The molecule has 15 heteroatoms. The van der Waals surface area contributed by atoms with Gasteiger partial charge in [0.15, 0.2) is 5.69 Å². The molecule has 0 radical (unpaired) electrons. The van der Waals surface area contributed by atoms with Crippen molar-refractivity contribution in [1.82, 2.24) is 10.2 Å². The second kappa shape index (κ2) is 12.9. The van der Waals surface area contributed by atoms with Crippen molar-refractivity contribution < 1.29 is 41.5 Å². The number of alkyl halides is 3. The minimum Gasteiger partial charge on any atom is -0.494 e. The van der Waals surface area contributed by atoms with Crippen LogP contribution in [0.5, 0.6) is 11.5 Å². The summed E-state index contributed by atoms with van der Waals surface area (Å²) in [5, 5.41) is 8.02. The molecule has 1 atom stereocenters. The van der Waals surface area contributed by atoms with Gasteiger partial charge in [-0.15, -0.1) is 10.2 Å². The molecule has 0 saturated carbocycles. The molecular weight excluding hydrogens is 560 g/mol. The molecule has 0 fully saturated rings. The third-order valence-electron chi connectivity index (χ3n) is 5.26. The van der Waals surface area contributed by atoms with Crippen molar-refractivity contribution >= 4 is 24.8 Å². The molecule has 0 unspecified atom stereocenters. The van der Waals surface area contributed by atoms with Gasteiger partial charge in [-0.3, -0.25) is 4.52 Å². The van der Waals surface area contributed by atoms with Crippen LogP contribution in [0.1, 0.15) is 36.8 Å². The average molecular weight is 587 g/mol. The van der Waals surface area contributed by atoms with E-state index in [2.05, 4.69) is 19.6 Å². The van der Waals surface area contributed by atoms with Crippen LogP contribution in [-0.4, -0.2) is 39.8 Å². The Morgan fingerprint density at radius 2 is 1.72 bits per heavy atom. The largest absolute Gasteiger partial charge is 0.494 e. The highest BCUT2D eigenvalue weighted by Gasteiger charge is 2.35. The van der Waals surface area contributed by atoms with E-state index in [1.807, 2.05) is 0 Å². The lowest BCUT2D eigenvalue weighted by Crippen LogP contribution is -2.37. The van der Waals surface area contributed by atoms with Gasteiger partial charge in [-0.1, -0.05) is 23.5 Å². The molecule has 39 heavy (non-hydrogen) atoms. The molecule has 0 aliphatic heterocycles. The number of nitrogens with zero attached hydrogens (tertiary/aromatic N) is 3. The molecule has 0 bridgehead atoms. The van der Waals surface area contributed by atoms with Crippen LogP contribution in [0.25, 0.3) is 15.4 Å². The SMILES string of the molecule is [C-]#[N+]c1ccc(OCCCCCOc2ccc(-c3nnc([C@@](C)(N)COP(=O)(O)O)s3)cc2C(F)(F)F)cc1. The summed E-state index contributed by atoms with van der Waals surface area (Å²) in [4.78, 5) is 21.1. The zero-order valence-electron chi connectivity index (χ0n) is 20.7. The maximum absolute atomic E-state index is 13.8. The first-order chi connectivity index (χ1) is 18.3. The van der Waals surface area contributed by atoms with Crippen molar-refractivity contribution in [2.24, 2.45) is 5.73 Å². The lowest BCUT2D eigenvalue weighted by molar-refractivity contribution is -0.138. The summed E-state index contributed by atoms with van der Waals surface area (Å²) in [7, 11) is -4.77. The van der Waals surface area contributed by atoms with E-state index in [1.165, 1.54) is 19.1 Å². The fraction of sp³-hybridized carbons (Fsp3) is 0.375. The molecular formula is C24H26F3N4O6PS. The van der Waals surface area contributed by atoms with Crippen molar-refractivity contribution in [2.75, 3.05) is 19.8 Å². The number of hydrogen-bond acceptors (Lipinski definition) is 8. The van der Waals surface area contributed by atoms with E-state index >= 15 is 0 Å². The molecule has 210 valence electrons. The fourth-order valence-corrected chi connectivity index (χ4v) is 4.55. The van der Waals surface area contributed by atoms with E-state index in [1.54, 1.807) is 24.3 Å². The van der Waals surface area contributed by atoms with E-state index in [0.29, 0.717) is 37.3 Å². The zero-order chi connectivity index (χ0) is 28.7. The monoisotopic (exact) mass is 586 g/mol. The van der Waals surface area contributed by atoms with Gasteiger partial charge >= 0.3 is 14.0 Å². The Morgan fingerprint density at radius 1 is 1.05 bits per heavy atom. The molecule has 2 aromatic carbocycles. The van der Waals surface area contributed by atoms with E-state index in [0.717, 1.165) is 17.4 Å². The first kappa shape index (κ1) is 30.5. The van der Waals surface area contributed by atoms with E-state index < -0.39 is 31.7 Å². The van der Waals surface area contributed by atoms with Crippen molar-refractivity contribution in [1.29, 1.82) is 0 Å². The average Bonchev–Trinajstić information content (AvgIpc) is 3.38. The molecule has 4 N–H and O–H groups in total. The summed E-state index contributed by atoms with van der Waals surface area (Å²) < 4.78 is 67.8. The van der Waals surface area contributed by atoms with E-state index in [-0.39, 0.29) is 27.9 Å². The highest BCUT2D eigenvalue weighted by molar-refractivity contribution is 7.46. The Labute approximate surface area is 226 Å². The Kier molecular flexibility index (Phi) is 10.1. The highest BCUT2D eigenvalue weighted by atomic mass is 32.1. The lowest BCUT2D eigenvalue weighted by Gasteiger charge is -2.21. The van der Waals surface area contributed by atoms with Crippen LogP contribution in [0.4, 0.5) is 18.9 Å². The summed E-state index contributed by atoms with van der Waals surface area (Å²) in [5.74, 6) is 0.326. The normalized spacial score (nSPS) is 13.5. The molecule has 10 nitrogen and oxygen atoms in total. The number of ether oxygens (including phenoxy) is 2. The number of phosphoric ester groups is 1. The van der Waals surface area contributed by atoms with E-state index in [4.69, 9.17) is 31.6 Å². The maximum atomic E-state index is 13.8. The third-order valence-corrected chi connectivity index (χ3v) is 6.98. The number of phosphoric acid groups is 1. The molecule has 1 heterocycles. The Bertz CT molecular complexity index is 1340. The third kappa shape index (κ3) is 9.28. The van der Waals surface area contributed by atoms with Crippen molar-refractivity contribution in [3.63, 3.8) is 0 Å². The minimum absolute atomic E-state index is 0.0795. The standard InChI is InChI=1S/C24H26F3N4O6PS/c1-23(28,15-37-38(32,33)34)22-31-30-21(39-22)16-6-11-20(19(14-16)24(25,26)27)36-13-5-3-4-12-35-18-9-7-17(29-2)8-10-18/h6-11,14H,3-5,12-13,15,28H2,1H3,(H2,32,33,34)/t23-/m0/s1. The summed E-state index contributed by atoms with van der Waals surface area (Å²) in [6.07, 6.45) is -2.81. The van der Waals surface area contributed by atoms with Gasteiger partial charge in [0, 0.05) is 5.56 Å². The Balaban J connectivity index is 1.56. The molecule has 0 amide bonds. The predicted molar refractivity (Wildman–Crippen MR) is 137 cm³/mol. The molecule has 3 aromatic rings. The number of aromatic nitrogens is 2. The number of nitrogens with two attached hydrogens (primary N) is 1. The number of hydrogen-bond donors (Lipinski definition) is 3.